The van der Waals surface area contributed by atoms with Crippen LogP contribution in [0.3, 0.4) is 0 Å². The van der Waals surface area contributed by atoms with Gasteiger partial charge in [-0.1, -0.05) is 96.8 Å². The third-order valence-electron chi connectivity index (χ3n) is 17.4. The van der Waals surface area contributed by atoms with Gasteiger partial charge >= 0.3 is 5.97 Å². The highest BCUT2D eigenvalue weighted by Gasteiger charge is 2.39. The van der Waals surface area contributed by atoms with E-state index in [9.17, 15) is 87.9 Å². The Kier molecular flexibility index (Phi) is 42.2. The summed E-state index contributed by atoms with van der Waals surface area (Å²) >= 11 is 0. The lowest BCUT2D eigenvalue weighted by Crippen LogP contribution is -2.62. The quantitative estimate of drug-likeness (QED) is 0.0168. The Balaban J connectivity index is 2.55. The van der Waals surface area contributed by atoms with E-state index < -0.39 is 181 Å². The molecule has 0 saturated carbocycles. The third-order valence-corrected chi connectivity index (χ3v) is 17.4. The molecule has 15 atom stereocenters. The van der Waals surface area contributed by atoms with E-state index in [2.05, 4.69) is 63.8 Å². The fourth-order valence-electron chi connectivity index (χ4n) is 10.6. The number of amides is 12. The molecule has 0 fully saturated rings. The molecule has 0 aliphatic carbocycles. The maximum atomic E-state index is 14.8. The second-order valence-electron chi connectivity index (χ2n) is 26.5. The molecule has 0 aliphatic rings. The number of benzene rings is 2. The molecule has 12 amide bonds. The molecule has 36 heteroatoms. The van der Waals surface area contributed by atoms with Gasteiger partial charge in [-0.2, -0.15) is 0 Å². The number of primary amides is 1. The summed E-state index contributed by atoms with van der Waals surface area (Å²) in [5.41, 5.74) is 29.8. The molecule has 0 radical (unpaired) electrons. The number of guanidine groups is 1. The van der Waals surface area contributed by atoms with Gasteiger partial charge in [0.1, 0.15) is 72.2 Å². The van der Waals surface area contributed by atoms with E-state index in [4.69, 9.17) is 34.1 Å². The standard InChI is InChI=1S/C69H114N18O18/c1-8-38(5)54(73)65(101)80-47(27-28-53(72)92)60(96)86-55(39(6)9-2)66(102)82-49(33-42-23-25-43(91)26-24-42)62(98)78-44(20-13-15-29-70)57(93)77-45(21-14-16-30-71)58(94)81-48(32-37(3)4)61(97)79-46(22-17-31-76-69(74)75)59(95)87-56(40(7)90)67(103)85-52(36-89)64(100)84-51(35-88)63(99)83-50(68(104)105)34-41-18-11-10-12-19-41/h10-12,18-19,23-26,37-40,44-52,54-56,88-91H,8-9,13-17,20-22,27-36,70-71,73H2,1-7H3,(H2,72,92)(H,77,93)(H,78,98)(H,79,97)(H,80,101)(H,81,94)(H,82,102)(H,83,99)(H,84,100)(H,85,103)(H,86,96)(H,87,95)(H,104,105)(H4,74,75,76)/t38-,39-,40+,44-,45-,46-,47-,48-,49-,50-,51-,52-,54-,55-,56-/m0/s1. The van der Waals surface area contributed by atoms with Crippen LogP contribution in [0, 0.1) is 23.2 Å². The summed E-state index contributed by atoms with van der Waals surface area (Å²) in [7, 11) is 0. The highest BCUT2D eigenvalue weighted by atomic mass is 16.4. The van der Waals surface area contributed by atoms with Gasteiger partial charge in [0, 0.05) is 25.8 Å². The monoisotopic (exact) mass is 1480 g/mol. The number of carbonyl (C=O) groups is 13. The van der Waals surface area contributed by atoms with Crippen molar-refractivity contribution in [2.24, 2.45) is 46.4 Å². The zero-order valence-corrected chi connectivity index (χ0v) is 61.0. The number of unbranched alkanes of at least 4 members (excludes halogenated alkanes) is 2. The molecule has 36 nitrogen and oxygen atoms in total. The number of aliphatic hydroxyl groups is 3. The largest absolute Gasteiger partial charge is 0.508 e. The zero-order chi connectivity index (χ0) is 79.0. The molecule has 2 rings (SSSR count). The van der Waals surface area contributed by atoms with Gasteiger partial charge < -0.3 is 118 Å². The molecule has 0 saturated heterocycles. The number of aliphatic carboxylic acids is 1. The Labute approximate surface area is 611 Å². The van der Waals surface area contributed by atoms with E-state index in [1.54, 1.807) is 65.0 Å². The summed E-state index contributed by atoms with van der Waals surface area (Å²) in [4.78, 5) is 180. The number of nitrogens with two attached hydrogens (primary N) is 5. The molecule has 0 aliphatic heterocycles. The Hall–Kier alpha value is -9.62. The topological polar surface area (TPSA) is 621 Å². The summed E-state index contributed by atoms with van der Waals surface area (Å²) in [5, 5.41) is 88.9. The first kappa shape index (κ1) is 91.5. The third kappa shape index (κ3) is 33.8. The van der Waals surface area contributed by atoms with Crippen molar-refractivity contribution in [1.82, 2.24) is 63.8 Å². The van der Waals surface area contributed by atoms with Crippen LogP contribution in [0.15, 0.2) is 54.6 Å². The molecular weight excluding hydrogens is 1370 g/mol. The average Bonchev–Trinajstić information content (AvgIpc) is 0.863. The summed E-state index contributed by atoms with van der Waals surface area (Å²) in [6.45, 7) is 9.64. The first-order chi connectivity index (χ1) is 49.6. The Morgan fingerprint density at radius 1 is 0.448 bits per heavy atom. The highest BCUT2D eigenvalue weighted by Crippen LogP contribution is 2.17. The minimum absolute atomic E-state index is 0.0178. The number of hydrogen-bond acceptors (Lipinski definition) is 21. The van der Waals surface area contributed by atoms with Crippen LogP contribution in [0.2, 0.25) is 0 Å². The number of nitrogens with one attached hydrogen (secondary N) is 13. The van der Waals surface area contributed by atoms with Gasteiger partial charge in [-0.15, -0.1) is 0 Å². The lowest BCUT2D eigenvalue weighted by molar-refractivity contribution is -0.142. The van der Waals surface area contributed by atoms with Gasteiger partial charge in [0.2, 0.25) is 70.9 Å². The summed E-state index contributed by atoms with van der Waals surface area (Å²) in [5.74, 6) is -14.8. The number of aliphatic hydroxyl groups excluding tert-OH is 3. The van der Waals surface area contributed by atoms with E-state index in [-0.39, 0.29) is 108 Å². The zero-order valence-electron chi connectivity index (χ0n) is 61.0. The molecule has 0 bridgehead atoms. The van der Waals surface area contributed by atoms with Gasteiger partial charge in [-0.05, 0) is 125 Å². The van der Waals surface area contributed by atoms with Gasteiger partial charge in [-0.3, -0.25) is 62.9 Å². The maximum absolute atomic E-state index is 14.8. The van der Waals surface area contributed by atoms with Crippen LogP contribution in [-0.2, 0) is 75.2 Å². The summed E-state index contributed by atoms with van der Waals surface area (Å²) < 4.78 is 0. The predicted molar refractivity (Wildman–Crippen MR) is 386 cm³/mol. The first-order valence-electron chi connectivity index (χ1n) is 35.5. The van der Waals surface area contributed by atoms with Crippen LogP contribution in [-0.4, -0.2) is 220 Å². The summed E-state index contributed by atoms with van der Waals surface area (Å²) in [6.07, 6.45) is -1.08. The lowest BCUT2D eigenvalue weighted by Gasteiger charge is -2.30. The van der Waals surface area contributed by atoms with E-state index in [0.29, 0.717) is 36.8 Å². The van der Waals surface area contributed by atoms with Gasteiger partial charge in [0.25, 0.3) is 0 Å². The van der Waals surface area contributed by atoms with E-state index in [1.807, 2.05) is 6.92 Å². The number of phenolic OH excluding ortho intramolecular Hbond substituents is 1. The highest BCUT2D eigenvalue weighted by molar-refractivity contribution is 6.00. The van der Waals surface area contributed by atoms with Crippen molar-refractivity contribution in [2.75, 3.05) is 32.8 Å². The number of phenols is 1. The number of hydrogen-bond donors (Lipinski definition) is 23. The van der Waals surface area contributed by atoms with Crippen LogP contribution in [0.25, 0.3) is 0 Å². The molecule has 0 heterocycles. The maximum Gasteiger partial charge on any atom is 0.326 e. The molecule has 0 aromatic heterocycles. The Morgan fingerprint density at radius 3 is 1.29 bits per heavy atom. The molecule has 0 unspecified atom stereocenters. The second kappa shape index (κ2) is 48.4. The van der Waals surface area contributed by atoms with Crippen LogP contribution in [0.1, 0.15) is 143 Å². The predicted octanol–water partition coefficient (Wildman–Crippen LogP) is -4.79. The van der Waals surface area contributed by atoms with Gasteiger partial charge in [-0.25, -0.2) is 4.79 Å². The van der Waals surface area contributed by atoms with Crippen LogP contribution in [0.4, 0.5) is 0 Å². The van der Waals surface area contributed by atoms with Crippen LogP contribution < -0.4 is 92.5 Å². The van der Waals surface area contributed by atoms with Crippen molar-refractivity contribution < 1.29 is 87.9 Å². The number of carbonyl (C=O) groups excluding carboxylic acids is 12. The SMILES string of the molecule is CC[C@H](C)[C@H](N)C(=O)N[C@@H](CCC(N)=O)C(=O)N[C@H](C(=O)N[C@@H](Cc1ccc(O)cc1)C(=O)N[C@@H](CCCCN)C(=O)N[C@@H](CCCCN)C(=O)N[C@@H](CC(C)C)C(=O)N[C@@H](CCCNC(=N)N)C(=O)N[C@H](C(=O)N[C@@H](CO)C(=O)N[C@@H](CO)C(=O)N[C@@H](Cc1ccccc1)C(=O)O)[C@@H](C)O)[C@@H](C)CC. The summed E-state index contributed by atoms with van der Waals surface area (Å²) in [6, 6.07) is -4.39. The first-order valence-corrected chi connectivity index (χ1v) is 35.5. The molecule has 0 spiro atoms. The Bertz CT molecular complexity index is 3150. The molecule has 2 aromatic carbocycles. The number of carboxylic acid groups (broad SMARTS) is 1. The average molecular weight is 1480 g/mol. The number of carboxylic acids is 1. The van der Waals surface area contributed by atoms with Crippen molar-refractivity contribution in [1.29, 1.82) is 5.41 Å². The van der Waals surface area contributed by atoms with Crippen molar-refractivity contribution >= 4 is 82.8 Å². The normalized spacial score (nSPS) is 15.5. The van der Waals surface area contributed by atoms with Crippen LogP contribution in [0.5, 0.6) is 5.75 Å². The molecule has 588 valence electrons. The smallest absolute Gasteiger partial charge is 0.326 e. The van der Waals surface area contributed by atoms with Crippen molar-refractivity contribution in [3.05, 3.63) is 65.7 Å². The molecular formula is C69H114N18O18. The number of aromatic hydroxyl groups is 1. The Morgan fingerprint density at radius 2 is 0.829 bits per heavy atom. The van der Waals surface area contributed by atoms with Crippen LogP contribution >= 0.6 is 0 Å². The minimum atomic E-state index is -1.93. The van der Waals surface area contributed by atoms with E-state index in [0.717, 1.165) is 6.92 Å². The lowest BCUT2D eigenvalue weighted by atomic mass is 9.96. The van der Waals surface area contributed by atoms with Crippen molar-refractivity contribution in [3.8, 4) is 5.75 Å². The van der Waals surface area contributed by atoms with Crippen molar-refractivity contribution in [3.63, 3.8) is 0 Å². The molecule has 28 N–H and O–H groups in total. The minimum Gasteiger partial charge on any atom is -0.508 e. The fraction of sp³-hybridized carbons (Fsp3) is 0.623. The van der Waals surface area contributed by atoms with Gasteiger partial charge in [0.05, 0.1) is 25.4 Å². The van der Waals surface area contributed by atoms with Crippen molar-refractivity contribution in [2.45, 2.75) is 223 Å². The molecule has 2 aromatic rings. The fourth-order valence-corrected chi connectivity index (χ4v) is 10.6. The second-order valence-corrected chi connectivity index (χ2v) is 26.5. The van der Waals surface area contributed by atoms with E-state index >= 15 is 0 Å². The molecule has 105 heavy (non-hydrogen) atoms. The van der Waals surface area contributed by atoms with E-state index in [1.165, 1.54) is 24.3 Å². The number of rotatable bonds is 51. The van der Waals surface area contributed by atoms with Gasteiger partial charge in [0.15, 0.2) is 5.96 Å².